The smallest absolute Gasteiger partial charge is 0.0398 e. The van der Waals surface area contributed by atoms with Crippen molar-refractivity contribution < 1.29 is 0 Å². The second-order valence-corrected chi connectivity index (χ2v) is 5.04. The normalized spacial score (nSPS) is 7.73. The van der Waals surface area contributed by atoms with E-state index in [4.69, 9.17) is 0 Å². The summed E-state index contributed by atoms with van der Waals surface area (Å²) in [5, 5.41) is 0. The zero-order valence-corrected chi connectivity index (χ0v) is 16.4. The van der Waals surface area contributed by atoms with Crippen LogP contribution in [0.2, 0.25) is 0 Å². The van der Waals surface area contributed by atoms with Gasteiger partial charge in [0, 0.05) is 0 Å². The maximum Gasteiger partial charge on any atom is -0.0398 e. The van der Waals surface area contributed by atoms with Crippen molar-refractivity contribution in [2.45, 2.75) is 62.3 Å². The van der Waals surface area contributed by atoms with Crippen molar-refractivity contribution in [2.75, 3.05) is 0 Å². The van der Waals surface area contributed by atoms with E-state index in [0.29, 0.717) is 0 Å². The molecule has 0 spiro atoms. The lowest BCUT2D eigenvalue weighted by molar-refractivity contribution is 0.737. The van der Waals surface area contributed by atoms with Gasteiger partial charge in [0.15, 0.2) is 0 Å². The summed E-state index contributed by atoms with van der Waals surface area (Å²) in [6.07, 6.45) is 0. The lowest BCUT2D eigenvalue weighted by Crippen LogP contribution is -1.66. The van der Waals surface area contributed by atoms with E-state index >= 15 is 0 Å². The zero-order valence-electron chi connectivity index (χ0n) is 16.4. The number of benzene rings is 2. The van der Waals surface area contributed by atoms with Crippen molar-refractivity contribution in [3.63, 3.8) is 0 Å². The van der Waals surface area contributed by atoms with Gasteiger partial charge in [-0.25, -0.2) is 0 Å². The highest BCUT2D eigenvalue weighted by Gasteiger charge is 1.72. The van der Waals surface area contributed by atoms with Crippen molar-refractivity contribution in [3.8, 4) is 0 Å². The maximum absolute atomic E-state index is 2.17. The van der Waals surface area contributed by atoms with Crippen LogP contribution in [0.3, 0.4) is 0 Å². The van der Waals surface area contributed by atoms with Gasteiger partial charge in [0.05, 0.1) is 0 Å². The molecule has 0 radical (unpaired) electrons. The number of hydrogen-bond donors (Lipinski definition) is 0. The summed E-state index contributed by atoms with van der Waals surface area (Å²) in [6.45, 7) is 18.7. The standard InChI is InChI=1S/2C7H8.C4H10.2C2H6/c2*1-7-5-3-2-4-6-7;1-4(2)3;2*1-2/h2*2-6H,1H3;4H,1-3H3;2*1-2H3. The molecule has 0 aliphatic carbocycles. The van der Waals surface area contributed by atoms with Gasteiger partial charge >= 0.3 is 0 Å². The van der Waals surface area contributed by atoms with Gasteiger partial charge < -0.3 is 0 Å². The molecular weight excluding hydrogens is 264 g/mol. The molecule has 0 nitrogen and oxygen atoms in total. The van der Waals surface area contributed by atoms with Crippen molar-refractivity contribution in [1.82, 2.24) is 0 Å². The molecule has 0 fully saturated rings. The Morgan fingerprint density at radius 1 is 0.500 bits per heavy atom. The van der Waals surface area contributed by atoms with Crippen molar-refractivity contribution in [3.05, 3.63) is 71.8 Å². The van der Waals surface area contributed by atoms with Crippen LogP contribution in [0.25, 0.3) is 0 Å². The quantitative estimate of drug-likeness (QED) is 0.467. The molecule has 22 heavy (non-hydrogen) atoms. The molecule has 0 N–H and O–H groups in total. The molecule has 0 saturated heterocycles. The van der Waals surface area contributed by atoms with E-state index in [1.165, 1.54) is 11.1 Å². The van der Waals surface area contributed by atoms with E-state index in [1.54, 1.807) is 0 Å². The van der Waals surface area contributed by atoms with E-state index in [9.17, 15) is 0 Å². The highest BCUT2D eigenvalue weighted by atomic mass is 13.8. The molecule has 0 saturated carbocycles. The molecule has 0 aliphatic rings. The molecule has 2 aromatic rings. The van der Waals surface area contributed by atoms with E-state index in [0.717, 1.165) is 5.92 Å². The SMILES string of the molecule is CC.CC.CC(C)C.Cc1ccccc1.Cc1ccccc1. The van der Waals surface area contributed by atoms with Crippen LogP contribution in [-0.2, 0) is 0 Å². The van der Waals surface area contributed by atoms with Crippen LogP contribution in [0.4, 0.5) is 0 Å². The molecule has 0 bridgehead atoms. The van der Waals surface area contributed by atoms with Crippen LogP contribution in [0, 0.1) is 19.8 Å². The van der Waals surface area contributed by atoms with Gasteiger partial charge in [0.2, 0.25) is 0 Å². The van der Waals surface area contributed by atoms with Crippen LogP contribution >= 0.6 is 0 Å². The summed E-state index contributed by atoms with van der Waals surface area (Å²) in [7, 11) is 0. The summed E-state index contributed by atoms with van der Waals surface area (Å²) < 4.78 is 0. The average molecular weight is 303 g/mol. The summed E-state index contributed by atoms with van der Waals surface area (Å²) in [4.78, 5) is 0. The van der Waals surface area contributed by atoms with Crippen LogP contribution < -0.4 is 0 Å². The first kappa shape index (κ1) is 25.4. The predicted octanol–water partition coefficient (Wildman–Crippen LogP) is 7.70. The van der Waals surface area contributed by atoms with Crippen LogP contribution in [0.15, 0.2) is 60.7 Å². The van der Waals surface area contributed by atoms with Gasteiger partial charge in [-0.2, -0.15) is 0 Å². The summed E-state index contributed by atoms with van der Waals surface area (Å²) in [6, 6.07) is 20.5. The fourth-order valence-corrected chi connectivity index (χ4v) is 1.07. The van der Waals surface area contributed by atoms with Crippen molar-refractivity contribution >= 4 is 0 Å². The van der Waals surface area contributed by atoms with Gasteiger partial charge in [-0.15, -0.1) is 0 Å². The minimum atomic E-state index is 0.833. The van der Waals surface area contributed by atoms with Gasteiger partial charge in [-0.05, 0) is 19.8 Å². The van der Waals surface area contributed by atoms with Crippen molar-refractivity contribution in [1.29, 1.82) is 0 Å². The third kappa shape index (κ3) is 26.9. The van der Waals surface area contributed by atoms with E-state index in [1.807, 2.05) is 64.1 Å². The van der Waals surface area contributed by atoms with Crippen LogP contribution in [0.5, 0.6) is 0 Å². The average Bonchev–Trinajstić information content (AvgIpc) is 2.53. The van der Waals surface area contributed by atoms with Gasteiger partial charge in [-0.3, -0.25) is 0 Å². The molecule has 0 heterocycles. The zero-order chi connectivity index (χ0) is 17.8. The molecule has 0 atom stereocenters. The molecule has 0 heteroatoms. The molecule has 2 aromatic carbocycles. The summed E-state index contributed by atoms with van der Waals surface area (Å²) in [5.41, 5.74) is 2.64. The Balaban J connectivity index is -0.000000228. The highest BCUT2D eigenvalue weighted by molar-refractivity contribution is 5.12. The van der Waals surface area contributed by atoms with Crippen LogP contribution in [0.1, 0.15) is 59.6 Å². The Morgan fingerprint density at radius 2 is 0.682 bits per heavy atom. The Hall–Kier alpha value is -1.56. The fraction of sp³-hybridized carbons (Fsp3) is 0.455. The number of rotatable bonds is 0. The van der Waals surface area contributed by atoms with E-state index < -0.39 is 0 Å². The first-order valence-corrected chi connectivity index (χ1v) is 8.55. The predicted molar refractivity (Wildman–Crippen MR) is 106 cm³/mol. The number of aryl methyl sites for hydroxylation is 2. The van der Waals surface area contributed by atoms with Crippen LogP contribution in [-0.4, -0.2) is 0 Å². The molecule has 0 aromatic heterocycles. The monoisotopic (exact) mass is 302 g/mol. The lowest BCUT2D eigenvalue weighted by atomic mass is 10.2. The second-order valence-electron chi connectivity index (χ2n) is 5.04. The Morgan fingerprint density at radius 3 is 0.773 bits per heavy atom. The number of hydrogen-bond acceptors (Lipinski definition) is 0. The Kier molecular flexibility index (Phi) is 25.1. The first-order valence-electron chi connectivity index (χ1n) is 8.55. The third-order valence-corrected chi connectivity index (χ3v) is 1.88. The summed E-state index contributed by atoms with van der Waals surface area (Å²) in [5.74, 6) is 0.833. The molecular formula is C22H38. The van der Waals surface area contributed by atoms with Gasteiger partial charge in [-0.1, -0.05) is 120 Å². The van der Waals surface area contributed by atoms with Gasteiger partial charge in [0.25, 0.3) is 0 Å². The third-order valence-electron chi connectivity index (χ3n) is 1.88. The Labute approximate surface area is 140 Å². The van der Waals surface area contributed by atoms with Crippen molar-refractivity contribution in [2.24, 2.45) is 5.92 Å². The lowest BCUT2D eigenvalue weighted by Gasteiger charge is -1.82. The highest BCUT2D eigenvalue weighted by Crippen LogP contribution is 1.92. The minimum Gasteiger partial charge on any atom is -0.0683 e. The summed E-state index contributed by atoms with van der Waals surface area (Å²) >= 11 is 0. The van der Waals surface area contributed by atoms with E-state index in [2.05, 4.69) is 58.9 Å². The molecule has 126 valence electrons. The largest absolute Gasteiger partial charge is 0.0683 e. The fourth-order valence-electron chi connectivity index (χ4n) is 1.07. The topological polar surface area (TPSA) is 0 Å². The molecule has 0 amide bonds. The molecule has 2 rings (SSSR count). The molecule has 0 aliphatic heterocycles. The second kappa shape index (κ2) is 21.7. The van der Waals surface area contributed by atoms with E-state index in [-0.39, 0.29) is 0 Å². The van der Waals surface area contributed by atoms with Gasteiger partial charge in [0.1, 0.15) is 0 Å². The first-order chi connectivity index (χ1) is 10.5. The minimum absolute atomic E-state index is 0.833. The maximum atomic E-state index is 2.17. The molecule has 0 unspecified atom stereocenters. The Bertz CT molecular complexity index is 333.